The molecule has 6 heteroatoms. The lowest BCUT2D eigenvalue weighted by Gasteiger charge is -2.22. The molecule has 2 rings (SSSR count). The first-order chi connectivity index (χ1) is 11.9. The first-order valence-electron chi connectivity index (χ1n) is 7.95. The van der Waals surface area contributed by atoms with Gasteiger partial charge in [0.1, 0.15) is 6.29 Å². The van der Waals surface area contributed by atoms with E-state index >= 15 is 0 Å². The second-order valence-corrected chi connectivity index (χ2v) is 7.12. The molecule has 0 heterocycles. The number of aldehydes is 1. The van der Waals surface area contributed by atoms with Gasteiger partial charge in [0.2, 0.25) is 0 Å². The number of halogens is 1. The van der Waals surface area contributed by atoms with E-state index in [1.54, 1.807) is 0 Å². The lowest BCUT2D eigenvalue weighted by molar-refractivity contribution is -0.168. The number of carbonyl (C=O) groups is 3. The molecule has 1 aromatic rings. The molecule has 1 aromatic carbocycles. The summed E-state index contributed by atoms with van der Waals surface area (Å²) in [6, 6.07) is 7.77. The van der Waals surface area contributed by atoms with Crippen LogP contribution >= 0.6 is 15.9 Å². The van der Waals surface area contributed by atoms with Crippen molar-refractivity contribution in [2.24, 2.45) is 11.3 Å². The minimum atomic E-state index is -1.39. The van der Waals surface area contributed by atoms with Crippen molar-refractivity contribution in [2.45, 2.75) is 26.2 Å². The van der Waals surface area contributed by atoms with Crippen molar-refractivity contribution in [3.05, 3.63) is 39.9 Å². The van der Waals surface area contributed by atoms with E-state index in [0.29, 0.717) is 0 Å². The average molecular weight is 409 g/mol. The van der Waals surface area contributed by atoms with E-state index in [2.05, 4.69) is 15.9 Å². The zero-order valence-corrected chi connectivity index (χ0v) is 16.1. The molecule has 1 fully saturated rings. The highest BCUT2D eigenvalue weighted by Crippen LogP contribution is 2.50. The van der Waals surface area contributed by atoms with Crippen LogP contribution in [0.1, 0.15) is 31.7 Å². The van der Waals surface area contributed by atoms with E-state index in [1.807, 2.05) is 31.2 Å². The van der Waals surface area contributed by atoms with Crippen molar-refractivity contribution in [2.75, 3.05) is 14.2 Å². The summed E-state index contributed by atoms with van der Waals surface area (Å²) in [5.41, 5.74) is 1.49. The van der Waals surface area contributed by atoms with Crippen LogP contribution in [0.3, 0.4) is 0 Å². The molecular weight excluding hydrogens is 388 g/mol. The van der Waals surface area contributed by atoms with E-state index in [-0.39, 0.29) is 25.2 Å². The number of carbonyl (C=O) groups excluding carboxylic acids is 3. The Morgan fingerprint density at radius 3 is 2.24 bits per heavy atom. The van der Waals surface area contributed by atoms with Crippen molar-refractivity contribution in [3.8, 4) is 0 Å². The minimum absolute atomic E-state index is 0.195. The van der Waals surface area contributed by atoms with Gasteiger partial charge in [0, 0.05) is 10.9 Å². The topological polar surface area (TPSA) is 69.7 Å². The zero-order chi connectivity index (χ0) is 18.6. The molecule has 0 aromatic heterocycles. The van der Waals surface area contributed by atoms with Crippen molar-refractivity contribution in [1.29, 1.82) is 0 Å². The molecule has 0 N–H and O–H groups in total. The summed E-state index contributed by atoms with van der Waals surface area (Å²) < 4.78 is 10.7. The molecule has 25 heavy (non-hydrogen) atoms. The van der Waals surface area contributed by atoms with E-state index < -0.39 is 17.4 Å². The maximum Gasteiger partial charge on any atom is 0.323 e. The van der Waals surface area contributed by atoms with Crippen LogP contribution in [0.2, 0.25) is 0 Å². The highest BCUT2D eigenvalue weighted by molar-refractivity contribution is 9.10. The molecule has 0 saturated heterocycles. The van der Waals surface area contributed by atoms with Crippen LogP contribution in [0, 0.1) is 11.3 Å². The number of methoxy groups -OCH3 is 2. The molecule has 0 amide bonds. The van der Waals surface area contributed by atoms with Crippen LogP contribution < -0.4 is 0 Å². The quantitative estimate of drug-likeness (QED) is 0.423. The van der Waals surface area contributed by atoms with Crippen LogP contribution in [-0.4, -0.2) is 32.4 Å². The monoisotopic (exact) mass is 408 g/mol. The predicted molar refractivity (Wildman–Crippen MR) is 96.6 cm³/mol. The summed E-state index contributed by atoms with van der Waals surface area (Å²) in [4.78, 5) is 35.9. The molecule has 0 radical (unpaired) electrons. The van der Waals surface area contributed by atoms with Crippen LogP contribution in [0.15, 0.2) is 34.3 Å². The molecular formula is C19H21BrO5. The van der Waals surface area contributed by atoms with Crippen LogP contribution in [-0.2, 0) is 23.9 Å². The first-order valence-corrected chi connectivity index (χ1v) is 8.75. The number of allylic oxidation sites excluding steroid dienone is 2. The predicted octanol–water partition coefficient (Wildman–Crippen LogP) is 3.55. The van der Waals surface area contributed by atoms with Gasteiger partial charge in [-0.2, -0.15) is 0 Å². The van der Waals surface area contributed by atoms with E-state index in [4.69, 9.17) is 9.47 Å². The summed E-state index contributed by atoms with van der Waals surface area (Å²) in [5, 5.41) is 0. The smallest absolute Gasteiger partial charge is 0.323 e. The fraction of sp³-hybridized carbons (Fsp3) is 0.421. The van der Waals surface area contributed by atoms with Crippen LogP contribution in [0.5, 0.6) is 0 Å². The normalized spacial score (nSPS) is 20.7. The average Bonchev–Trinajstić information content (AvgIpc) is 3.01. The number of hydrogen-bond acceptors (Lipinski definition) is 5. The van der Waals surface area contributed by atoms with E-state index in [0.717, 1.165) is 27.5 Å². The van der Waals surface area contributed by atoms with Gasteiger partial charge in [0.25, 0.3) is 0 Å². The Hall–Kier alpha value is -1.95. The molecule has 1 aliphatic rings. The lowest BCUT2D eigenvalue weighted by Crippen LogP contribution is -2.39. The van der Waals surface area contributed by atoms with Gasteiger partial charge in [0.05, 0.1) is 14.2 Å². The Morgan fingerprint density at radius 2 is 1.76 bits per heavy atom. The first kappa shape index (κ1) is 19.4. The standard InChI is InChI=1S/C19H21BrO5/c1-12(13-4-6-15(20)7-5-13)16-11-19(17(22)24-2,18(23)25-3)10-14(16)8-9-21/h4-7,9,14H,8,10-11H2,1-3H3/b16-12-. The molecule has 1 unspecified atom stereocenters. The van der Waals surface area contributed by atoms with E-state index in [9.17, 15) is 14.4 Å². The molecule has 1 aliphatic carbocycles. The van der Waals surface area contributed by atoms with Gasteiger partial charge >= 0.3 is 11.9 Å². The largest absolute Gasteiger partial charge is 0.468 e. The van der Waals surface area contributed by atoms with Gasteiger partial charge in [-0.05, 0) is 49.0 Å². The second kappa shape index (κ2) is 7.95. The number of rotatable bonds is 5. The maximum absolute atomic E-state index is 12.4. The number of benzene rings is 1. The maximum atomic E-state index is 12.4. The third-order valence-electron chi connectivity index (χ3n) is 4.87. The molecule has 0 bridgehead atoms. The van der Waals surface area contributed by atoms with Gasteiger partial charge in [-0.1, -0.05) is 33.6 Å². The molecule has 0 spiro atoms. The molecule has 1 saturated carbocycles. The second-order valence-electron chi connectivity index (χ2n) is 6.20. The SMILES string of the molecule is COC(=O)C1(C(=O)OC)C/C(=C(\C)c2ccc(Br)cc2)C(CC=O)C1. The van der Waals surface area contributed by atoms with Crippen LogP contribution in [0.25, 0.3) is 5.57 Å². The number of ether oxygens (including phenoxy) is 2. The fourth-order valence-electron chi connectivity index (χ4n) is 3.54. The molecule has 0 aliphatic heterocycles. The minimum Gasteiger partial charge on any atom is -0.468 e. The summed E-state index contributed by atoms with van der Waals surface area (Å²) in [6.07, 6.45) is 1.49. The molecule has 1 atom stereocenters. The van der Waals surface area contributed by atoms with Crippen molar-refractivity contribution < 1.29 is 23.9 Å². The number of esters is 2. The fourth-order valence-corrected chi connectivity index (χ4v) is 3.80. The third kappa shape index (κ3) is 3.68. The Bertz CT molecular complexity index is 689. The van der Waals surface area contributed by atoms with Crippen molar-refractivity contribution in [1.82, 2.24) is 0 Å². The summed E-state index contributed by atoms with van der Waals surface area (Å²) in [6.45, 7) is 1.95. The van der Waals surface area contributed by atoms with Crippen LogP contribution in [0.4, 0.5) is 0 Å². The third-order valence-corrected chi connectivity index (χ3v) is 5.40. The van der Waals surface area contributed by atoms with Crippen molar-refractivity contribution >= 4 is 39.7 Å². The molecule has 5 nitrogen and oxygen atoms in total. The number of hydrogen-bond donors (Lipinski definition) is 0. The Kier molecular flexibility index (Phi) is 6.16. The van der Waals surface area contributed by atoms with Gasteiger partial charge < -0.3 is 14.3 Å². The highest BCUT2D eigenvalue weighted by Gasteiger charge is 2.55. The van der Waals surface area contributed by atoms with Gasteiger partial charge in [-0.3, -0.25) is 9.59 Å². The van der Waals surface area contributed by atoms with Crippen molar-refractivity contribution in [3.63, 3.8) is 0 Å². The Balaban J connectivity index is 2.53. The summed E-state index contributed by atoms with van der Waals surface area (Å²) >= 11 is 3.40. The zero-order valence-electron chi connectivity index (χ0n) is 14.5. The van der Waals surface area contributed by atoms with Gasteiger partial charge in [-0.25, -0.2) is 0 Å². The Morgan fingerprint density at radius 1 is 1.20 bits per heavy atom. The van der Waals surface area contributed by atoms with Gasteiger partial charge in [0.15, 0.2) is 5.41 Å². The molecule has 134 valence electrons. The lowest BCUT2D eigenvalue weighted by atomic mass is 9.84. The van der Waals surface area contributed by atoms with E-state index in [1.165, 1.54) is 14.2 Å². The highest BCUT2D eigenvalue weighted by atomic mass is 79.9. The van der Waals surface area contributed by atoms with Gasteiger partial charge in [-0.15, -0.1) is 0 Å². The summed E-state index contributed by atoms with van der Waals surface area (Å²) in [5.74, 6) is -1.43. The Labute approximate surface area is 155 Å². The summed E-state index contributed by atoms with van der Waals surface area (Å²) in [7, 11) is 2.51.